The summed E-state index contributed by atoms with van der Waals surface area (Å²) >= 11 is 0. The van der Waals surface area contributed by atoms with Crippen LogP contribution in [-0.4, -0.2) is 25.3 Å². The normalized spacial score (nSPS) is 11.2. The lowest BCUT2D eigenvalue weighted by atomic mass is 10.0. The molecule has 0 saturated carbocycles. The zero-order valence-corrected chi connectivity index (χ0v) is 17.7. The first-order chi connectivity index (χ1) is 15.5. The van der Waals surface area contributed by atoms with E-state index in [4.69, 9.17) is 0 Å². The van der Waals surface area contributed by atoms with Gasteiger partial charge in [0.25, 0.3) is 5.56 Å². The van der Waals surface area contributed by atoms with E-state index in [2.05, 4.69) is 15.5 Å². The van der Waals surface area contributed by atoms with Crippen LogP contribution in [0.2, 0.25) is 0 Å². The van der Waals surface area contributed by atoms with Gasteiger partial charge < -0.3 is 0 Å². The smallest absolute Gasteiger partial charge is 0.273 e. The fraction of sp³-hybridized carbons (Fsp3) is 0.120. The number of hydrogen-bond donors (Lipinski definition) is 1. The lowest BCUT2D eigenvalue weighted by molar-refractivity contribution is -0.116. The van der Waals surface area contributed by atoms with Crippen LogP contribution in [0.5, 0.6) is 0 Å². The number of carbonyl (C=O) groups is 1. The fourth-order valence-electron chi connectivity index (χ4n) is 3.83. The van der Waals surface area contributed by atoms with Gasteiger partial charge in [0.1, 0.15) is 11.7 Å². The van der Waals surface area contributed by atoms with Crippen LogP contribution >= 0.6 is 0 Å². The maximum atomic E-state index is 12.9. The molecule has 0 spiro atoms. The Bertz CT molecular complexity index is 1540. The lowest BCUT2D eigenvalue weighted by Crippen LogP contribution is -2.34. The van der Waals surface area contributed by atoms with Crippen molar-refractivity contribution >= 4 is 27.7 Å². The van der Waals surface area contributed by atoms with Gasteiger partial charge in [-0.25, -0.2) is 14.3 Å². The third-order valence-electron chi connectivity index (χ3n) is 5.70. The summed E-state index contributed by atoms with van der Waals surface area (Å²) in [6.07, 6.45) is 2.95. The van der Waals surface area contributed by atoms with E-state index in [0.29, 0.717) is 11.0 Å². The SMILES string of the molecule is Cc1ccc(-n2ncc3c(=O)n(NC(=O)Cc4cccc5ccccc45)cnc32)cc1C. The lowest BCUT2D eigenvalue weighted by Gasteiger charge is -2.10. The van der Waals surface area contributed by atoms with Gasteiger partial charge in [-0.3, -0.25) is 15.0 Å². The summed E-state index contributed by atoms with van der Waals surface area (Å²) in [6.45, 7) is 4.06. The minimum atomic E-state index is -0.378. The van der Waals surface area contributed by atoms with Crippen molar-refractivity contribution in [2.45, 2.75) is 20.3 Å². The first-order valence-electron chi connectivity index (χ1n) is 10.3. The zero-order valence-electron chi connectivity index (χ0n) is 17.7. The maximum Gasteiger partial charge on any atom is 0.283 e. The van der Waals surface area contributed by atoms with Crippen molar-refractivity contribution in [3.8, 4) is 5.69 Å². The van der Waals surface area contributed by atoms with Crippen LogP contribution in [0.25, 0.3) is 27.5 Å². The molecule has 7 heteroatoms. The molecule has 0 aliphatic heterocycles. The number of nitrogens with zero attached hydrogens (tertiary/aromatic N) is 4. The fourth-order valence-corrected chi connectivity index (χ4v) is 3.83. The van der Waals surface area contributed by atoms with Gasteiger partial charge in [-0.05, 0) is 53.4 Å². The van der Waals surface area contributed by atoms with E-state index < -0.39 is 0 Å². The molecule has 7 nitrogen and oxygen atoms in total. The van der Waals surface area contributed by atoms with Gasteiger partial charge >= 0.3 is 0 Å². The maximum absolute atomic E-state index is 12.9. The predicted molar refractivity (Wildman–Crippen MR) is 125 cm³/mol. The van der Waals surface area contributed by atoms with Crippen LogP contribution in [0.15, 0.2) is 78.0 Å². The molecule has 5 rings (SSSR count). The molecule has 2 heterocycles. The summed E-state index contributed by atoms with van der Waals surface area (Å²) < 4.78 is 2.74. The minimum Gasteiger partial charge on any atom is -0.273 e. The molecule has 0 saturated heterocycles. The van der Waals surface area contributed by atoms with Crippen molar-refractivity contribution < 1.29 is 4.79 Å². The van der Waals surface area contributed by atoms with Crippen LogP contribution in [-0.2, 0) is 11.2 Å². The van der Waals surface area contributed by atoms with Crippen molar-refractivity contribution in [1.29, 1.82) is 0 Å². The van der Waals surface area contributed by atoms with Crippen molar-refractivity contribution in [1.82, 2.24) is 19.4 Å². The Labute approximate surface area is 183 Å². The average Bonchev–Trinajstić information content (AvgIpc) is 3.23. The second-order valence-electron chi connectivity index (χ2n) is 7.83. The summed E-state index contributed by atoms with van der Waals surface area (Å²) in [5.74, 6) is -0.300. The van der Waals surface area contributed by atoms with E-state index in [1.807, 2.05) is 74.5 Å². The number of nitrogens with one attached hydrogen (secondary N) is 1. The number of rotatable bonds is 4. The molecule has 5 aromatic rings. The molecule has 0 aliphatic rings. The Hall–Kier alpha value is -4.26. The van der Waals surface area contributed by atoms with E-state index in [0.717, 1.165) is 32.3 Å². The topological polar surface area (TPSA) is 81.8 Å². The number of benzene rings is 3. The molecule has 32 heavy (non-hydrogen) atoms. The van der Waals surface area contributed by atoms with Crippen molar-refractivity contribution in [3.63, 3.8) is 0 Å². The van der Waals surface area contributed by atoms with Crippen LogP contribution in [0.4, 0.5) is 0 Å². The Morgan fingerprint density at radius 3 is 2.62 bits per heavy atom. The molecule has 0 radical (unpaired) electrons. The number of aromatic nitrogens is 4. The standard InChI is InChI=1S/C25H21N5O2/c1-16-10-11-20(12-17(16)2)30-24-22(14-27-30)25(32)29(15-26-24)28-23(31)13-19-8-5-7-18-6-3-4-9-21(18)19/h3-12,14-15H,13H2,1-2H3,(H,28,31). The number of amides is 1. The Balaban J connectivity index is 1.44. The highest BCUT2D eigenvalue weighted by Crippen LogP contribution is 2.19. The molecule has 0 fully saturated rings. The van der Waals surface area contributed by atoms with Crippen molar-refractivity contribution in [2.75, 3.05) is 5.43 Å². The summed E-state index contributed by atoms with van der Waals surface area (Å²) in [5, 5.41) is 6.76. The van der Waals surface area contributed by atoms with E-state index in [1.54, 1.807) is 4.68 Å². The highest BCUT2D eigenvalue weighted by molar-refractivity contribution is 5.92. The first-order valence-corrected chi connectivity index (χ1v) is 10.3. The Morgan fingerprint density at radius 1 is 0.969 bits per heavy atom. The molecule has 1 amide bonds. The van der Waals surface area contributed by atoms with Gasteiger partial charge in [0.05, 0.1) is 18.3 Å². The Kier molecular flexibility index (Phi) is 4.78. The first kappa shape index (κ1) is 19.7. The Morgan fingerprint density at radius 2 is 1.78 bits per heavy atom. The molecule has 2 aromatic heterocycles. The number of aryl methyl sites for hydroxylation is 2. The molecule has 0 aliphatic carbocycles. The molecule has 158 valence electrons. The minimum absolute atomic E-state index is 0.147. The van der Waals surface area contributed by atoms with Gasteiger partial charge in [-0.2, -0.15) is 5.10 Å². The molecular formula is C25H21N5O2. The van der Waals surface area contributed by atoms with Crippen molar-refractivity contribution in [2.24, 2.45) is 0 Å². The second kappa shape index (κ2) is 7.77. The molecule has 0 atom stereocenters. The average molecular weight is 423 g/mol. The van der Waals surface area contributed by atoms with Crippen LogP contribution in [0, 0.1) is 13.8 Å². The van der Waals surface area contributed by atoms with E-state index in [-0.39, 0.29) is 17.9 Å². The summed E-state index contributed by atoms with van der Waals surface area (Å²) in [7, 11) is 0. The molecule has 0 bridgehead atoms. The van der Waals surface area contributed by atoms with Gasteiger partial charge in [-0.1, -0.05) is 48.5 Å². The largest absolute Gasteiger partial charge is 0.283 e. The predicted octanol–water partition coefficient (Wildman–Crippen LogP) is 3.67. The van der Waals surface area contributed by atoms with Crippen LogP contribution in [0.3, 0.4) is 0 Å². The van der Waals surface area contributed by atoms with Crippen molar-refractivity contribution in [3.05, 3.63) is 100 Å². The van der Waals surface area contributed by atoms with Gasteiger partial charge in [0.15, 0.2) is 5.65 Å². The zero-order chi connectivity index (χ0) is 22.2. The van der Waals surface area contributed by atoms with E-state index in [9.17, 15) is 9.59 Å². The highest BCUT2D eigenvalue weighted by atomic mass is 16.2. The van der Waals surface area contributed by atoms with Gasteiger partial charge in [-0.15, -0.1) is 0 Å². The van der Waals surface area contributed by atoms with Crippen LogP contribution < -0.4 is 11.0 Å². The monoisotopic (exact) mass is 423 g/mol. The molecule has 1 N–H and O–H groups in total. The van der Waals surface area contributed by atoms with E-state index >= 15 is 0 Å². The van der Waals surface area contributed by atoms with Gasteiger partial charge in [0, 0.05) is 0 Å². The molecule has 3 aromatic carbocycles. The molecular weight excluding hydrogens is 402 g/mol. The summed E-state index contributed by atoms with van der Waals surface area (Å²) in [4.78, 5) is 30.0. The number of hydrogen-bond acceptors (Lipinski definition) is 4. The highest BCUT2D eigenvalue weighted by Gasteiger charge is 2.14. The summed E-state index contributed by atoms with van der Waals surface area (Å²) in [5.41, 5.74) is 6.73. The molecule has 0 unspecified atom stereocenters. The second-order valence-corrected chi connectivity index (χ2v) is 7.83. The summed E-state index contributed by atoms with van der Waals surface area (Å²) in [6, 6.07) is 19.7. The van der Waals surface area contributed by atoms with Crippen LogP contribution in [0.1, 0.15) is 16.7 Å². The van der Waals surface area contributed by atoms with E-state index in [1.165, 1.54) is 18.1 Å². The van der Waals surface area contributed by atoms with Gasteiger partial charge in [0.2, 0.25) is 5.91 Å². The number of fused-ring (bicyclic) bond motifs is 2. The number of carbonyl (C=O) groups excluding carboxylic acids is 1. The third-order valence-corrected chi connectivity index (χ3v) is 5.70. The third kappa shape index (κ3) is 3.43. The quantitative estimate of drug-likeness (QED) is 0.478.